The number of nitrogens with zero attached hydrogens (tertiary/aromatic N) is 4. The lowest BCUT2D eigenvalue weighted by atomic mass is 10.1. The van der Waals surface area contributed by atoms with Crippen LogP contribution in [0.3, 0.4) is 0 Å². The number of hydrogen-bond donors (Lipinski definition) is 1. The van der Waals surface area contributed by atoms with E-state index < -0.39 is 0 Å². The van der Waals surface area contributed by atoms with Gasteiger partial charge in [-0.05, 0) is 50.9 Å². The van der Waals surface area contributed by atoms with Crippen molar-refractivity contribution in [2.75, 3.05) is 32.7 Å². The Balaban J connectivity index is 1.30. The molecule has 2 aromatic rings. The Morgan fingerprint density at radius 1 is 1.27 bits per heavy atom. The van der Waals surface area contributed by atoms with Crippen molar-refractivity contribution in [2.45, 2.75) is 37.8 Å². The summed E-state index contributed by atoms with van der Waals surface area (Å²) < 4.78 is 7.77. The summed E-state index contributed by atoms with van der Waals surface area (Å²) in [5.41, 5.74) is 0. The number of amides is 2. The number of rotatable bonds is 5. The minimum absolute atomic E-state index is 0.0323. The van der Waals surface area contributed by atoms with Gasteiger partial charge in [-0.2, -0.15) is 0 Å². The fourth-order valence-electron chi connectivity index (χ4n) is 4.09. The first kappa shape index (κ1) is 17.1. The zero-order valence-electron chi connectivity index (χ0n) is 15.1. The van der Waals surface area contributed by atoms with Gasteiger partial charge in [0.15, 0.2) is 0 Å². The molecule has 2 aliphatic rings. The minimum Gasteiger partial charge on any atom is -0.468 e. The third kappa shape index (κ3) is 3.77. The summed E-state index contributed by atoms with van der Waals surface area (Å²) in [7, 11) is 0. The third-order valence-corrected chi connectivity index (χ3v) is 5.60. The molecule has 140 valence electrons. The van der Waals surface area contributed by atoms with Crippen LogP contribution in [-0.2, 0) is 0 Å². The van der Waals surface area contributed by atoms with Crippen LogP contribution in [0.1, 0.15) is 43.5 Å². The van der Waals surface area contributed by atoms with Gasteiger partial charge in [-0.25, -0.2) is 9.78 Å². The number of urea groups is 1. The van der Waals surface area contributed by atoms with E-state index in [9.17, 15) is 4.79 Å². The minimum atomic E-state index is 0.0323. The molecule has 0 spiro atoms. The third-order valence-electron chi connectivity index (χ3n) is 5.60. The molecule has 2 fully saturated rings. The predicted molar refractivity (Wildman–Crippen MR) is 97.7 cm³/mol. The number of carbonyl (C=O) groups is 1. The van der Waals surface area contributed by atoms with Crippen molar-refractivity contribution in [1.29, 1.82) is 0 Å². The van der Waals surface area contributed by atoms with Crippen molar-refractivity contribution in [3.63, 3.8) is 0 Å². The summed E-state index contributed by atoms with van der Waals surface area (Å²) in [6, 6.07) is 4.53. The summed E-state index contributed by atoms with van der Waals surface area (Å²) in [5, 5.41) is 3.13. The second-order valence-electron chi connectivity index (χ2n) is 7.19. The van der Waals surface area contributed by atoms with Gasteiger partial charge in [0, 0.05) is 38.1 Å². The Bertz CT molecular complexity index is 671. The molecule has 2 aliphatic heterocycles. The van der Waals surface area contributed by atoms with Crippen LogP contribution >= 0.6 is 0 Å². The number of imidazole rings is 1. The lowest BCUT2D eigenvalue weighted by Crippen LogP contribution is -2.47. The zero-order valence-corrected chi connectivity index (χ0v) is 15.1. The zero-order chi connectivity index (χ0) is 17.8. The van der Waals surface area contributed by atoms with Crippen molar-refractivity contribution in [3.8, 4) is 0 Å². The molecule has 1 N–H and O–H groups in total. The van der Waals surface area contributed by atoms with Crippen LogP contribution in [0.4, 0.5) is 4.79 Å². The van der Waals surface area contributed by atoms with E-state index in [4.69, 9.17) is 4.42 Å². The molecular formula is C19H27N5O2. The van der Waals surface area contributed by atoms with Crippen LogP contribution in [0.5, 0.6) is 0 Å². The highest BCUT2D eigenvalue weighted by Crippen LogP contribution is 2.25. The molecule has 0 bridgehead atoms. The normalized spacial score (nSPS) is 20.4. The molecule has 26 heavy (non-hydrogen) atoms. The van der Waals surface area contributed by atoms with E-state index in [1.165, 1.54) is 12.8 Å². The van der Waals surface area contributed by atoms with Crippen molar-refractivity contribution in [2.24, 2.45) is 0 Å². The first-order valence-electron chi connectivity index (χ1n) is 9.59. The molecule has 0 saturated carbocycles. The van der Waals surface area contributed by atoms with Crippen LogP contribution in [0.15, 0.2) is 41.5 Å². The van der Waals surface area contributed by atoms with Gasteiger partial charge in [-0.15, -0.1) is 0 Å². The summed E-state index contributed by atoms with van der Waals surface area (Å²) in [4.78, 5) is 21.1. The number of carbonyl (C=O) groups excluding carboxylic acids is 1. The Morgan fingerprint density at radius 3 is 2.73 bits per heavy atom. The second kappa shape index (κ2) is 7.95. The van der Waals surface area contributed by atoms with Crippen LogP contribution < -0.4 is 5.32 Å². The molecule has 0 aliphatic carbocycles. The Kier molecular flexibility index (Phi) is 5.24. The van der Waals surface area contributed by atoms with E-state index in [1.54, 1.807) is 6.26 Å². The highest BCUT2D eigenvalue weighted by atomic mass is 16.3. The molecule has 4 rings (SSSR count). The average Bonchev–Trinajstić information content (AvgIpc) is 3.45. The standard InChI is InChI=1S/C19H27N5O2/c25-19(23-10-5-16(6-11-23)24-12-7-20-15-24)21-14-17(18-4-3-13-26-18)22-8-1-2-9-22/h3-4,7,12-13,15-17H,1-2,5-6,8-11,14H2,(H,21,25). The molecule has 2 aromatic heterocycles. The van der Waals surface area contributed by atoms with E-state index in [2.05, 4.69) is 19.8 Å². The van der Waals surface area contributed by atoms with Crippen LogP contribution in [0, 0.1) is 0 Å². The molecule has 7 heteroatoms. The Labute approximate surface area is 154 Å². The smallest absolute Gasteiger partial charge is 0.317 e. The summed E-state index contributed by atoms with van der Waals surface area (Å²) in [6.07, 6.45) is 11.8. The number of aromatic nitrogens is 2. The van der Waals surface area contributed by atoms with E-state index in [0.717, 1.165) is 44.8 Å². The molecule has 1 atom stereocenters. The molecule has 1 unspecified atom stereocenters. The highest BCUT2D eigenvalue weighted by Gasteiger charge is 2.28. The van der Waals surface area contributed by atoms with Crippen LogP contribution in [0.2, 0.25) is 0 Å². The maximum atomic E-state index is 12.6. The van der Waals surface area contributed by atoms with E-state index in [1.807, 2.05) is 35.8 Å². The van der Waals surface area contributed by atoms with Gasteiger partial charge < -0.3 is 19.2 Å². The largest absolute Gasteiger partial charge is 0.468 e. The fraction of sp³-hybridized carbons (Fsp3) is 0.579. The first-order chi connectivity index (χ1) is 12.8. The van der Waals surface area contributed by atoms with Gasteiger partial charge in [0.1, 0.15) is 5.76 Å². The maximum Gasteiger partial charge on any atom is 0.317 e. The SMILES string of the molecule is O=C(NCC(c1ccco1)N1CCCC1)N1CCC(n2ccnc2)CC1. The maximum absolute atomic E-state index is 12.6. The van der Waals surface area contributed by atoms with E-state index in [-0.39, 0.29) is 12.1 Å². The highest BCUT2D eigenvalue weighted by molar-refractivity contribution is 5.74. The molecule has 2 amide bonds. The van der Waals surface area contributed by atoms with Crippen molar-refractivity contribution in [1.82, 2.24) is 24.7 Å². The van der Waals surface area contributed by atoms with Gasteiger partial charge in [0.2, 0.25) is 0 Å². The van der Waals surface area contributed by atoms with Gasteiger partial charge in [-0.1, -0.05) is 0 Å². The average molecular weight is 357 g/mol. The summed E-state index contributed by atoms with van der Waals surface area (Å²) >= 11 is 0. The summed E-state index contributed by atoms with van der Waals surface area (Å²) in [6.45, 7) is 4.29. The van der Waals surface area contributed by atoms with Crippen LogP contribution in [-0.4, -0.2) is 58.1 Å². The van der Waals surface area contributed by atoms with Crippen molar-refractivity contribution in [3.05, 3.63) is 42.9 Å². The van der Waals surface area contributed by atoms with Crippen LogP contribution in [0.25, 0.3) is 0 Å². The number of furan rings is 1. The first-order valence-corrected chi connectivity index (χ1v) is 9.59. The Hall–Kier alpha value is -2.28. The molecule has 0 radical (unpaired) electrons. The Morgan fingerprint density at radius 2 is 2.08 bits per heavy atom. The van der Waals surface area contributed by atoms with Gasteiger partial charge in [0.25, 0.3) is 0 Å². The quantitative estimate of drug-likeness (QED) is 0.893. The van der Waals surface area contributed by atoms with Gasteiger partial charge in [-0.3, -0.25) is 4.90 Å². The molecular weight excluding hydrogens is 330 g/mol. The molecule has 7 nitrogen and oxygen atoms in total. The number of likely N-dealkylation sites (tertiary alicyclic amines) is 2. The second-order valence-corrected chi connectivity index (χ2v) is 7.19. The predicted octanol–water partition coefficient (Wildman–Crippen LogP) is 2.66. The van der Waals surface area contributed by atoms with Gasteiger partial charge >= 0.3 is 6.03 Å². The molecule has 2 saturated heterocycles. The summed E-state index contributed by atoms with van der Waals surface area (Å²) in [5.74, 6) is 0.936. The van der Waals surface area contributed by atoms with E-state index in [0.29, 0.717) is 12.6 Å². The molecule has 0 aromatic carbocycles. The number of piperidine rings is 1. The molecule has 4 heterocycles. The topological polar surface area (TPSA) is 66.5 Å². The lowest BCUT2D eigenvalue weighted by Gasteiger charge is -2.33. The monoisotopic (exact) mass is 357 g/mol. The fourth-order valence-corrected chi connectivity index (χ4v) is 4.09. The lowest BCUT2D eigenvalue weighted by molar-refractivity contribution is 0.162. The van der Waals surface area contributed by atoms with Crippen molar-refractivity contribution >= 4 is 6.03 Å². The number of nitrogens with one attached hydrogen (secondary N) is 1. The number of hydrogen-bond acceptors (Lipinski definition) is 4. The van der Waals surface area contributed by atoms with Crippen molar-refractivity contribution < 1.29 is 9.21 Å². The van der Waals surface area contributed by atoms with Gasteiger partial charge in [0.05, 0.1) is 18.6 Å². The van der Waals surface area contributed by atoms with E-state index >= 15 is 0 Å².